The second kappa shape index (κ2) is 10.4. The van der Waals surface area contributed by atoms with E-state index in [0.717, 1.165) is 34.2 Å². The van der Waals surface area contributed by atoms with Crippen LogP contribution in [0.2, 0.25) is 0 Å². The first-order valence-corrected chi connectivity index (χ1v) is 11.5. The molecule has 0 saturated carbocycles. The van der Waals surface area contributed by atoms with E-state index in [1.165, 1.54) is 10.5 Å². The number of amides is 2. The molecule has 0 radical (unpaired) electrons. The fourth-order valence-electron chi connectivity index (χ4n) is 3.36. The van der Waals surface area contributed by atoms with E-state index in [0.29, 0.717) is 17.3 Å². The molecule has 0 bridgehead atoms. The molecule has 0 atom stereocenters. The lowest BCUT2D eigenvalue weighted by atomic mass is 10.1. The van der Waals surface area contributed by atoms with Crippen molar-refractivity contribution in [2.45, 2.75) is 20.5 Å². The number of imide groups is 1. The van der Waals surface area contributed by atoms with E-state index in [1.807, 2.05) is 67.6 Å². The molecule has 0 unspecified atom stereocenters. The molecule has 168 valence electrons. The van der Waals surface area contributed by atoms with Gasteiger partial charge in [-0.2, -0.15) is 0 Å². The normalized spacial score (nSPS) is 14.7. The Bertz CT molecular complexity index is 1170. The average molecular weight is 460 g/mol. The van der Waals surface area contributed by atoms with Gasteiger partial charge in [-0.3, -0.25) is 14.5 Å². The van der Waals surface area contributed by atoms with Gasteiger partial charge in [-0.15, -0.1) is 0 Å². The van der Waals surface area contributed by atoms with Crippen molar-refractivity contribution < 1.29 is 19.1 Å². The lowest BCUT2D eigenvalue weighted by Crippen LogP contribution is -2.32. The van der Waals surface area contributed by atoms with Crippen molar-refractivity contribution in [3.05, 3.63) is 100.0 Å². The van der Waals surface area contributed by atoms with E-state index in [4.69, 9.17) is 9.47 Å². The Morgan fingerprint density at radius 2 is 1.55 bits per heavy atom. The summed E-state index contributed by atoms with van der Waals surface area (Å²) >= 11 is 0.950. The zero-order valence-electron chi connectivity index (χ0n) is 18.6. The van der Waals surface area contributed by atoms with Crippen LogP contribution in [0.1, 0.15) is 22.3 Å². The Kier molecular flexibility index (Phi) is 7.15. The number of rotatable bonds is 8. The molecule has 3 aromatic carbocycles. The van der Waals surface area contributed by atoms with E-state index in [1.54, 1.807) is 6.08 Å². The molecule has 1 heterocycles. The zero-order chi connectivity index (χ0) is 23.2. The number of thioether (sulfide) groups is 1. The zero-order valence-corrected chi connectivity index (χ0v) is 19.4. The molecule has 2 amide bonds. The van der Waals surface area contributed by atoms with Gasteiger partial charge in [-0.05, 0) is 67.1 Å². The molecular weight excluding hydrogens is 434 g/mol. The maximum Gasteiger partial charge on any atom is 0.293 e. The Balaban J connectivity index is 1.32. The minimum atomic E-state index is -0.294. The smallest absolute Gasteiger partial charge is 0.293 e. The maximum absolute atomic E-state index is 12.7. The van der Waals surface area contributed by atoms with E-state index in [9.17, 15) is 9.59 Å². The Hall–Kier alpha value is -3.51. The molecule has 1 fully saturated rings. The van der Waals surface area contributed by atoms with Gasteiger partial charge in [-0.25, -0.2) is 0 Å². The predicted molar refractivity (Wildman–Crippen MR) is 131 cm³/mol. The molecule has 0 aromatic heterocycles. The van der Waals surface area contributed by atoms with Crippen LogP contribution in [0, 0.1) is 13.8 Å². The summed E-state index contributed by atoms with van der Waals surface area (Å²) in [6.07, 6.45) is 1.73. The molecule has 6 heteroatoms. The third kappa shape index (κ3) is 6.05. The number of aryl methyl sites for hydroxylation is 2. The number of ether oxygens (including phenoxy) is 2. The number of hydrogen-bond acceptors (Lipinski definition) is 5. The first kappa shape index (κ1) is 22.7. The van der Waals surface area contributed by atoms with Gasteiger partial charge in [0.05, 0.1) is 11.4 Å². The summed E-state index contributed by atoms with van der Waals surface area (Å²) in [6, 6.07) is 23.3. The van der Waals surface area contributed by atoms with Crippen molar-refractivity contribution in [1.29, 1.82) is 0 Å². The summed E-state index contributed by atoms with van der Waals surface area (Å²) in [5.41, 5.74) is 4.28. The highest BCUT2D eigenvalue weighted by Crippen LogP contribution is 2.32. The average Bonchev–Trinajstić information content (AvgIpc) is 3.07. The lowest BCUT2D eigenvalue weighted by Gasteiger charge is -2.13. The minimum Gasteiger partial charge on any atom is -0.492 e. The van der Waals surface area contributed by atoms with Crippen LogP contribution in [-0.4, -0.2) is 29.2 Å². The number of carbonyl (C=O) groups excluding carboxylic acids is 2. The van der Waals surface area contributed by atoms with E-state index in [-0.39, 0.29) is 24.3 Å². The molecule has 1 aliphatic rings. The van der Waals surface area contributed by atoms with Crippen LogP contribution in [0.3, 0.4) is 0 Å². The Labute approximate surface area is 198 Å². The summed E-state index contributed by atoms with van der Waals surface area (Å²) in [5, 5.41) is -0.281. The van der Waals surface area contributed by atoms with Crippen molar-refractivity contribution >= 4 is 29.0 Å². The molecule has 1 aliphatic heterocycles. The number of benzene rings is 3. The van der Waals surface area contributed by atoms with Gasteiger partial charge < -0.3 is 9.47 Å². The monoisotopic (exact) mass is 459 g/mol. The fraction of sp³-hybridized carbons (Fsp3) is 0.185. The molecule has 0 N–H and O–H groups in total. The van der Waals surface area contributed by atoms with Gasteiger partial charge in [0.25, 0.3) is 11.1 Å². The minimum absolute atomic E-state index is 0.210. The molecule has 3 aromatic rings. The van der Waals surface area contributed by atoms with Gasteiger partial charge in [0.2, 0.25) is 0 Å². The summed E-state index contributed by atoms with van der Waals surface area (Å²) in [7, 11) is 0. The number of carbonyl (C=O) groups is 2. The topological polar surface area (TPSA) is 55.8 Å². The molecule has 4 rings (SSSR count). The van der Waals surface area contributed by atoms with Crippen LogP contribution in [0.4, 0.5) is 4.79 Å². The van der Waals surface area contributed by atoms with Crippen LogP contribution in [0.25, 0.3) is 6.08 Å². The molecule has 5 nitrogen and oxygen atoms in total. The SMILES string of the molecule is Cc1ccc(OCCN2C(=O)S/C(=C\c3ccc(OCc4cccc(C)c4)cc3)C2=O)cc1. The second-order valence-electron chi connectivity index (χ2n) is 7.84. The predicted octanol–water partition coefficient (Wildman–Crippen LogP) is 6.00. The number of hydrogen-bond donors (Lipinski definition) is 0. The second-order valence-corrected chi connectivity index (χ2v) is 8.83. The van der Waals surface area contributed by atoms with Crippen molar-refractivity contribution in [2.75, 3.05) is 13.2 Å². The fourth-order valence-corrected chi connectivity index (χ4v) is 4.23. The third-order valence-electron chi connectivity index (χ3n) is 5.14. The van der Waals surface area contributed by atoms with Crippen LogP contribution in [0.5, 0.6) is 11.5 Å². The highest BCUT2D eigenvalue weighted by molar-refractivity contribution is 8.18. The first-order chi connectivity index (χ1) is 16.0. The summed E-state index contributed by atoms with van der Waals surface area (Å²) in [4.78, 5) is 26.7. The van der Waals surface area contributed by atoms with Crippen molar-refractivity contribution in [2.24, 2.45) is 0 Å². The highest BCUT2D eigenvalue weighted by Gasteiger charge is 2.34. The van der Waals surface area contributed by atoms with Gasteiger partial charge in [0, 0.05) is 0 Å². The summed E-state index contributed by atoms with van der Waals surface area (Å²) in [5.74, 6) is 1.17. The lowest BCUT2D eigenvalue weighted by molar-refractivity contribution is -0.123. The molecule has 0 spiro atoms. The van der Waals surface area contributed by atoms with E-state index < -0.39 is 0 Å². The van der Waals surface area contributed by atoms with Crippen LogP contribution in [-0.2, 0) is 11.4 Å². The van der Waals surface area contributed by atoms with Gasteiger partial charge in [0.15, 0.2) is 0 Å². The molecule has 0 aliphatic carbocycles. The molecular formula is C27H25NO4S. The summed E-state index contributed by atoms with van der Waals surface area (Å²) in [6.45, 7) is 5.01. The summed E-state index contributed by atoms with van der Waals surface area (Å²) < 4.78 is 11.5. The van der Waals surface area contributed by atoms with Gasteiger partial charge >= 0.3 is 0 Å². The Morgan fingerprint density at radius 1 is 0.848 bits per heavy atom. The first-order valence-electron chi connectivity index (χ1n) is 10.7. The van der Waals surface area contributed by atoms with Crippen LogP contribution >= 0.6 is 11.8 Å². The molecule has 1 saturated heterocycles. The van der Waals surface area contributed by atoms with Crippen LogP contribution in [0.15, 0.2) is 77.7 Å². The molecule has 33 heavy (non-hydrogen) atoms. The standard InChI is InChI=1S/C27H25NO4S/c1-19-6-10-23(11-7-19)31-15-14-28-26(29)25(33-27(28)30)17-21-8-12-24(13-9-21)32-18-22-5-3-4-20(2)16-22/h3-13,16-17H,14-15,18H2,1-2H3/b25-17-. The van der Waals surface area contributed by atoms with Gasteiger partial charge in [0.1, 0.15) is 24.7 Å². The quantitative estimate of drug-likeness (QED) is 0.387. The van der Waals surface area contributed by atoms with Gasteiger partial charge in [-0.1, -0.05) is 59.7 Å². The van der Waals surface area contributed by atoms with E-state index in [2.05, 4.69) is 19.1 Å². The largest absolute Gasteiger partial charge is 0.492 e. The van der Waals surface area contributed by atoms with E-state index >= 15 is 0 Å². The van der Waals surface area contributed by atoms with Crippen LogP contribution < -0.4 is 9.47 Å². The third-order valence-corrected chi connectivity index (χ3v) is 6.05. The Morgan fingerprint density at radius 3 is 2.27 bits per heavy atom. The number of nitrogens with zero attached hydrogens (tertiary/aromatic N) is 1. The van der Waals surface area contributed by atoms with Crippen molar-refractivity contribution in [1.82, 2.24) is 4.90 Å². The maximum atomic E-state index is 12.7. The highest BCUT2D eigenvalue weighted by atomic mass is 32.2. The van der Waals surface area contributed by atoms with Crippen molar-refractivity contribution in [3.63, 3.8) is 0 Å². The van der Waals surface area contributed by atoms with Crippen molar-refractivity contribution in [3.8, 4) is 11.5 Å².